The van der Waals surface area contributed by atoms with Crippen LogP contribution in [-0.2, 0) is 16.4 Å². The first-order valence-corrected chi connectivity index (χ1v) is 8.00. The molecule has 2 aromatic carbocycles. The van der Waals surface area contributed by atoms with Crippen LogP contribution in [0.4, 0.5) is 4.39 Å². The Hall–Kier alpha value is -1.59. The molecule has 0 saturated carbocycles. The molecule has 3 nitrogen and oxygen atoms in total. The normalized spacial score (nSPS) is 11.3. The van der Waals surface area contributed by atoms with Gasteiger partial charge in [0.15, 0.2) is 21.4 Å². The summed E-state index contributed by atoms with van der Waals surface area (Å²) in [5.41, 5.74) is 0.719. The van der Waals surface area contributed by atoms with Gasteiger partial charge in [-0.1, -0.05) is 29.8 Å². The fourth-order valence-corrected chi connectivity index (χ4v) is 2.46. The summed E-state index contributed by atoms with van der Waals surface area (Å²) in [5.74, 6) is -0.549. The average Bonchev–Trinajstić information content (AvgIpc) is 2.37. The number of sulfone groups is 1. The minimum atomic E-state index is -3.22. The van der Waals surface area contributed by atoms with E-state index in [4.69, 9.17) is 16.3 Å². The molecule has 0 aromatic heterocycles. The van der Waals surface area contributed by atoms with Crippen molar-refractivity contribution in [2.75, 3.05) is 6.26 Å². The van der Waals surface area contributed by atoms with Gasteiger partial charge in [-0.2, -0.15) is 0 Å². The lowest BCUT2D eigenvalue weighted by molar-refractivity contribution is 0.290. The Morgan fingerprint density at radius 1 is 1.15 bits per heavy atom. The van der Waals surface area contributed by atoms with Gasteiger partial charge in [0.2, 0.25) is 0 Å². The maximum Gasteiger partial charge on any atom is 0.175 e. The molecule has 0 fully saturated rings. The molecule has 2 aromatic rings. The summed E-state index contributed by atoms with van der Waals surface area (Å²) in [6.45, 7) is 0.102. The van der Waals surface area contributed by atoms with Crippen LogP contribution >= 0.6 is 11.6 Å². The standard InChI is InChI=1S/C14H12ClFO3S/c1-20(17,18)11-7-5-10(6-8-11)9-19-14-12(15)3-2-4-13(14)16/h2-8H,9H2,1H3. The fourth-order valence-electron chi connectivity index (χ4n) is 1.61. The van der Waals surface area contributed by atoms with Gasteiger partial charge in [0.05, 0.1) is 9.92 Å². The molecular weight excluding hydrogens is 303 g/mol. The summed E-state index contributed by atoms with van der Waals surface area (Å²) < 4.78 is 41.4. The lowest BCUT2D eigenvalue weighted by Gasteiger charge is -2.09. The van der Waals surface area contributed by atoms with Crippen molar-refractivity contribution in [3.63, 3.8) is 0 Å². The van der Waals surface area contributed by atoms with Crippen molar-refractivity contribution in [2.24, 2.45) is 0 Å². The number of ether oxygens (including phenoxy) is 1. The Balaban J connectivity index is 2.12. The third kappa shape index (κ3) is 3.49. The van der Waals surface area contributed by atoms with Crippen LogP contribution in [-0.4, -0.2) is 14.7 Å². The van der Waals surface area contributed by atoms with E-state index in [9.17, 15) is 12.8 Å². The largest absolute Gasteiger partial charge is 0.484 e. The van der Waals surface area contributed by atoms with E-state index < -0.39 is 15.7 Å². The molecule has 20 heavy (non-hydrogen) atoms. The van der Waals surface area contributed by atoms with Gasteiger partial charge in [-0.15, -0.1) is 0 Å². The van der Waals surface area contributed by atoms with E-state index in [0.29, 0.717) is 0 Å². The molecule has 0 radical (unpaired) electrons. The van der Waals surface area contributed by atoms with Gasteiger partial charge in [-0.3, -0.25) is 0 Å². The van der Waals surface area contributed by atoms with E-state index in [-0.39, 0.29) is 22.3 Å². The monoisotopic (exact) mass is 314 g/mol. The van der Waals surface area contributed by atoms with E-state index in [1.165, 1.54) is 30.3 Å². The van der Waals surface area contributed by atoms with Gasteiger partial charge in [-0.05, 0) is 29.8 Å². The van der Waals surface area contributed by atoms with E-state index in [1.54, 1.807) is 12.1 Å². The smallest absolute Gasteiger partial charge is 0.175 e. The zero-order valence-electron chi connectivity index (χ0n) is 10.6. The predicted molar refractivity (Wildman–Crippen MR) is 75.3 cm³/mol. The van der Waals surface area contributed by atoms with E-state index in [2.05, 4.69) is 0 Å². The molecule has 106 valence electrons. The Labute approximate surface area is 121 Å². The van der Waals surface area contributed by atoms with Crippen LogP contribution in [0.5, 0.6) is 5.75 Å². The van der Waals surface area contributed by atoms with Crippen molar-refractivity contribution >= 4 is 21.4 Å². The Morgan fingerprint density at radius 2 is 1.80 bits per heavy atom. The molecular formula is C14H12ClFO3S. The number of benzene rings is 2. The molecule has 0 aliphatic heterocycles. The van der Waals surface area contributed by atoms with Crippen LogP contribution in [0.15, 0.2) is 47.4 Å². The SMILES string of the molecule is CS(=O)(=O)c1ccc(COc2c(F)cccc2Cl)cc1. The first-order valence-electron chi connectivity index (χ1n) is 5.74. The molecule has 0 saturated heterocycles. The summed E-state index contributed by atoms with van der Waals surface area (Å²) in [6, 6.07) is 10.5. The van der Waals surface area contributed by atoms with Gasteiger partial charge in [-0.25, -0.2) is 12.8 Å². The highest BCUT2D eigenvalue weighted by Gasteiger charge is 2.09. The minimum absolute atomic E-state index is 0.0126. The maximum absolute atomic E-state index is 13.5. The summed E-state index contributed by atoms with van der Waals surface area (Å²) in [5, 5.41) is 0.192. The third-order valence-corrected chi connectivity index (χ3v) is 4.08. The highest BCUT2D eigenvalue weighted by Crippen LogP contribution is 2.28. The van der Waals surface area contributed by atoms with Crippen LogP contribution in [0.25, 0.3) is 0 Å². The van der Waals surface area contributed by atoms with Crippen molar-refractivity contribution in [2.45, 2.75) is 11.5 Å². The highest BCUT2D eigenvalue weighted by molar-refractivity contribution is 7.90. The summed E-state index contributed by atoms with van der Waals surface area (Å²) in [6.07, 6.45) is 1.14. The van der Waals surface area contributed by atoms with Gasteiger partial charge >= 0.3 is 0 Å². The molecule has 0 bridgehead atoms. The molecule has 0 aliphatic carbocycles. The lowest BCUT2D eigenvalue weighted by atomic mass is 10.2. The van der Waals surface area contributed by atoms with Crippen LogP contribution in [0.1, 0.15) is 5.56 Å². The van der Waals surface area contributed by atoms with Gasteiger partial charge in [0.1, 0.15) is 6.61 Å². The van der Waals surface area contributed by atoms with Gasteiger partial charge < -0.3 is 4.74 Å². The minimum Gasteiger partial charge on any atom is -0.484 e. The van der Waals surface area contributed by atoms with Crippen LogP contribution in [0, 0.1) is 5.82 Å². The molecule has 6 heteroatoms. The van der Waals surface area contributed by atoms with Crippen molar-refractivity contribution in [3.8, 4) is 5.75 Å². The molecule has 2 rings (SSSR count). The van der Waals surface area contributed by atoms with E-state index in [0.717, 1.165) is 11.8 Å². The predicted octanol–water partition coefficient (Wildman–Crippen LogP) is 3.46. The van der Waals surface area contributed by atoms with Crippen molar-refractivity contribution < 1.29 is 17.5 Å². The molecule has 0 amide bonds. The number of hydrogen-bond donors (Lipinski definition) is 0. The number of para-hydroxylation sites is 1. The number of rotatable bonds is 4. The molecule has 0 atom stereocenters. The second kappa shape index (κ2) is 5.81. The van der Waals surface area contributed by atoms with Crippen LogP contribution < -0.4 is 4.74 Å². The second-order valence-corrected chi connectivity index (χ2v) is 6.68. The fraction of sp³-hybridized carbons (Fsp3) is 0.143. The highest BCUT2D eigenvalue weighted by atomic mass is 35.5. The quantitative estimate of drug-likeness (QED) is 0.868. The topological polar surface area (TPSA) is 43.4 Å². The molecule has 0 spiro atoms. The number of halogens is 2. The Morgan fingerprint density at radius 3 is 2.35 bits per heavy atom. The first-order chi connectivity index (χ1) is 9.38. The Kier molecular flexibility index (Phi) is 4.30. The van der Waals surface area contributed by atoms with Crippen LogP contribution in [0.3, 0.4) is 0 Å². The Bertz CT molecular complexity index is 691. The molecule has 0 heterocycles. The molecule has 0 aliphatic rings. The van der Waals surface area contributed by atoms with Crippen molar-refractivity contribution in [3.05, 3.63) is 58.9 Å². The second-order valence-electron chi connectivity index (χ2n) is 4.26. The number of hydrogen-bond acceptors (Lipinski definition) is 3. The lowest BCUT2D eigenvalue weighted by Crippen LogP contribution is -2.00. The third-order valence-electron chi connectivity index (χ3n) is 2.65. The van der Waals surface area contributed by atoms with Gasteiger partial charge in [0, 0.05) is 6.26 Å². The zero-order chi connectivity index (χ0) is 14.8. The van der Waals surface area contributed by atoms with Crippen molar-refractivity contribution in [1.29, 1.82) is 0 Å². The zero-order valence-corrected chi connectivity index (χ0v) is 12.2. The average molecular weight is 315 g/mol. The van der Waals surface area contributed by atoms with Gasteiger partial charge in [0.25, 0.3) is 0 Å². The molecule has 0 N–H and O–H groups in total. The first kappa shape index (κ1) is 14.8. The van der Waals surface area contributed by atoms with Crippen LogP contribution in [0.2, 0.25) is 5.02 Å². The molecule has 0 unspecified atom stereocenters. The summed E-state index contributed by atoms with van der Waals surface area (Å²) in [4.78, 5) is 0.227. The summed E-state index contributed by atoms with van der Waals surface area (Å²) >= 11 is 5.84. The van der Waals surface area contributed by atoms with E-state index in [1.807, 2.05) is 0 Å². The summed E-state index contributed by atoms with van der Waals surface area (Å²) in [7, 11) is -3.22. The van der Waals surface area contributed by atoms with Crippen molar-refractivity contribution in [1.82, 2.24) is 0 Å². The maximum atomic E-state index is 13.5. The van der Waals surface area contributed by atoms with E-state index >= 15 is 0 Å².